The number of thiol groups is 1. The summed E-state index contributed by atoms with van der Waals surface area (Å²) in [5.41, 5.74) is 1.38. The summed E-state index contributed by atoms with van der Waals surface area (Å²) >= 11 is 9.51. The summed E-state index contributed by atoms with van der Waals surface area (Å²) in [6, 6.07) is 2.19. The highest BCUT2D eigenvalue weighted by Gasteiger charge is 2.06. The van der Waals surface area contributed by atoms with Crippen molar-refractivity contribution in [2.75, 3.05) is 19.3 Å². The lowest BCUT2D eigenvalue weighted by molar-refractivity contribution is 0.291. The summed E-state index contributed by atoms with van der Waals surface area (Å²) in [7, 11) is 2.16. The van der Waals surface area contributed by atoms with Gasteiger partial charge in [0.25, 0.3) is 0 Å². The fourth-order valence-electron chi connectivity index (χ4n) is 1.39. The first-order valence-corrected chi connectivity index (χ1v) is 6.94. The third-order valence-corrected chi connectivity index (χ3v) is 4.19. The summed E-state index contributed by atoms with van der Waals surface area (Å²) in [6.07, 6.45) is 0. The van der Waals surface area contributed by atoms with Crippen molar-refractivity contribution in [3.63, 3.8) is 0 Å². The molecule has 0 fully saturated rings. The average molecular weight is 294 g/mol. The van der Waals surface area contributed by atoms with Gasteiger partial charge in [-0.1, -0.05) is 6.92 Å². The van der Waals surface area contributed by atoms with Crippen LogP contribution in [0, 0.1) is 5.92 Å². The standard InChI is InChI=1S/C10H16BrNS2/c1-8(6-13)4-12(2)5-9-3-10(11)14-7-9/h3,7-8,13H,4-6H2,1-2H3. The highest BCUT2D eigenvalue weighted by atomic mass is 79.9. The molecule has 0 N–H and O–H groups in total. The van der Waals surface area contributed by atoms with Gasteiger partial charge in [0.15, 0.2) is 0 Å². The van der Waals surface area contributed by atoms with E-state index in [1.165, 1.54) is 9.35 Å². The van der Waals surface area contributed by atoms with Crippen LogP contribution in [0.15, 0.2) is 15.2 Å². The van der Waals surface area contributed by atoms with E-state index in [9.17, 15) is 0 Å². The minimum absolute atomic E-state index is 0.658. The molecule has 1 rings (SSSR count). The van der Waals surface area contributed by atoms with Crippen molar-refractivity contribution in [1.82, 2.24) is 4.90 Å². The number of nitrogens with zero attached hydrogens (tertiary/aromatic N) is 1. The molecular weight excluding hydrogens is 278 g/mol. The van der Waals surface area contributed by atoms with Crippen molar-refractivity contribution < 1.29 is 0 Å². The SMILES string of the molecule is CC(CS)CN(C)Cc1csc(Br)c1. The molecule has 0 spiro atoms. The Kier molecular flexibility index (Phi) is 5.52. The number of hydrogen-bond donors (Lipinski definition) is 1. The average Bonchev–Trinajstić information content (AvgIpc) is 2.50. The predicted octanol–water partition coefficient (Wildman–Crippen LogP) is 3.51. The van der Waals surface area contributed by atoms with Gasteiger partial charge in [-0.25, -0.2) is 0 Å². The second-order valence-electron chi connectivity index (χ2n) is 3.74. The van der Waals surface area contributed by atoms with Crippen LogP contribution >= 0.6 is 39.9 Å². The lowest BCUT2D eigenvalue weighted by Gasteiger charge is -2.19. The Bertz CT molecular complexity index is 275. The quantitative estimate of drug-likeness (QED) is 0.813. The molecule has 0 aliphatic heterocycles. The minimum atomic E-state index is 0.658. The van der Waals surface area contributed by atoms with Crippen LogP contribution in [-0.2, 0) is 6.54 Å². The number of hydrogen-bond acceptors (Lipinski definition) is 3. The van der Waals surface area contributed by atoms with Crippen LogP contribution in [0.25, 0.3) is 0 Å². The van der Waals surface area contributed by atoms with Crippen LogP contribution in [0.3, 0.4) is 0 Å². The molecule has 0 aromatic carbocycles. The number of rotatable bonds is 5. The van der Waals surface area contributed by atoms with Crippen LogP contribution in [0.4, 0.5) is 0 Å². The first-order valence-electron chi connectivity index (χ1n) is 4.64. The zero-order chi connectivity index (χ0) is 10.6. The normalized spacial score (nSPS) is 13.5. The maximum absolute atomic E-state index is 4.29. The topological polar surface area (TPSA) is 3.24 Å². The van der Waals surface area contributed by atoms with Crippen molar-refractivity contribution in [3.05, 3.63) is 20.8 Å². The molecule has 14 heavy (non-hydrogen) atoms. The Balaban J connectivity index is 2.37. The predicted molar refractivity (Wildman–Crippen MR) is 71.4 cm³/mol. The largest absolute Gasteiger partial charge is 0.302 e. The smallest absolute Gasteiger partial charge is 0.0701 e. The maximum atomic E-state index is 4.29. The van der Waals surface area contributed by atoms with Gasteiger partial charge in [0.05, 0.1) is 3.79 Å². The third kappa shape index (κ3) is 4.34. The van der Waals surface area contributed by atoms with Crippen molar-refractivity contribution in [1.29, 1.82) is 0 Å². The van der Waals surface area contributed by atoms with E-state index in [-0.39, 0.29) is 0 Å². The van der Waals surface area contributed by atoms with Gasteiger partial charge in [-0.3, -0.25) is 0 Å². The molecule has 0 amide bonds. The summed E-state index contributed by atoms with van der Waals surface area (Å²) in [5.74, 6) is 1.61. The third-order valence-electron chi connectivity index (χ3n) is 2.01. The minimum Gasteiger partial charge on any atom is -0.302 e. The van der Waals surface area contributed by atoms with E-state index in [2.05, 4.69) is 58.9 Å². The fraction of sp³-hybridized carbons (Fsp3) is 0.600. The lowest BCUT2D eigenvalue weighted by atomic mass is 10.2. The van der Waals surface area contributed by atoms with Gasteiger partial charge in [0, 0.05) is 13.1 Å². The van der Waals surface area contributed by atoms with Crippen molar-refractivity contribution in [2.45, 2.75) is 13.5 Å². The molecule has 1 unspecified atom stereocenters. The van der Waals surface area contributed by atoms with E-state index in [1.807, 2.05) is 0 Å². The van der Waals surface area contributed by atoms with E-state index >= 15 is 0 Å². The molecule has 0 saturated heterocycles. The Morgan fingerprint density at radius 1 is 1.64 bits per heavy atom. The van der Waals surface area contributed by atoms with Crippen LogP contribution in [0.2, 0.25) is 0 Å². The zero-order valence-electron chi connectivity index (χ0n) is 8.53. The first-order chi connectivity index (χ1) is 6.61. The van der Waals surface area contributed by atoms with E-state index in [4.69, 9.17) is 0 Å². The van der Waals surface area contributed by atoms with Gasteiger partial charge in [-0.05, 0) is 51.7 Å². The Labute approximate surface area is 104 Å². The summed E-state index contributed by atoms with van der Waals surface area (Å²) in [6.45, 7) is 4.37. The second kappa shape index (κ2) is 6.16. The highest BCUT2D eigenvalue weighted by Crippen LogP contribution is 2.21. The van der Waals surface area contributed by atoms with Gasteiger partial charge in [0.1, 0.15) is 0 Å². The van der Waals surface area contributed by atoms with Crippen LogP contribution in [-0.4, -0.2) is 24.2 Å². The van der Waals surface area contributed by atoms with E-state index in [0.717, 1.165) is 18.8 Å². The fourth-order valence-corrected chi connectivity index (χ4v) is 2.71. The number of thiophene rings is 1. The molecule has 0 aliphatic rings. The first kappa shape index (κ1) is 12.6. The highest BCUT2D eigenvalue weighted by molar-refractivity contribution is 9.11. The summed E-state index contributed by atoms with van der Waals surface area (Å²) < 4.78 is 1.21. The lowest BCUT2D eigenvalue weighted by Crippen LogP contribution is -2.24. The molecule has 4 heteroatoms. The van der Waals surface area contributed by atoms with E-state index < -0.39 is 0 Å². The van der Waals surface area contributed by atoms with E-state index in [0.29, 0.717) is 5.92 Å². The number of halogens is 1. The maximum Gasteiger partial charge on any atom is 0.0701 e. The van der Waals surface area contributed by atoms with Crippen LogP contribution in [0.5, 0.6) is 0 Å². The van der Waals surface area contributed by atoms with Crippen molar-refractivity contribution in [2.24, 2.45) is 5.92 Å². The van der Waals surface area contributed by atoms with Crippen LogP contribution < -0.4 is 0 Å². The molecule has 0 saturated carbocycles. The molecule has 1 nitrogen and oxygen atoms in total. The van der Waals surface area contributed by atoms with Crippen molar-refractivity contribution in [3.8, 4) is 0 Å². The molecule has 0 bridgehead atoms. The van der Waals surface area contributed by atoms with Gasteiger partial charge in [-0.2, -0.15) is 12.6 Å². The Hall–Kier alpha value is 0.490. The molecule has 1 atom stereocenters. The monoisotopic (exact) mass is 293 g/mol. The van der Waals surface area contributed by atoms with Gasteiger partial charge in [0.2, 0.25) is 0 Å². The molecule has 1 aromatic heterocycles. The molecule has 1 aromatic rings. The van der Waals surface area contributed by atoms with Crippen molar-refractivity contribution >= 4 is 39.9 Å². The molecule has 0 radical (unpaired) electrons. The van der Waals surface area contributed by atoms with E-state index in [1.54, 1.807) is 11.3 Å². The second-order valence-corrected chi connectivity index (χ2v) is 6.40. The van der Waals surface area contributed by atoms with Gasteiger partial charge in [-0.15, -0.1) is 11.3 Å². The Morgan fingerprint density at radius 3 is 2.86 bits per heavy atom. The molecule has 1 heterocycles. The molecular formula is C10H16BrNS2. The molecule has 80 valence electrons. The molecule has 0 aliphatic carbocycles. The van der Waals surface area contributed by atoms with Crippen LogP contribution in [0.1, 0.15) is 12.5 Å². The summed E-state index contributed by atoms with van der Waals surface area (Å²) in [4.78, 5) is 2.34. The van der Waals surface area contributed by atoms with Gasteiger partial charge < -0.3 is 4.90 Å². The Morgan fingerprint density at radius 2 is 2.36 bits per heavy atom. The van der Waals surface area contributed by atoms with Gasteiger partial charge >= 0.3 is 0 Å². The zero-order valence-corrected chi connectivity index (χ0v) is 11.8. The summed E-state index contributed by atoms with van der Waals surface area (Å²) in [5, 5.41) is 2.20.